The Hall–Kier alpha value is -4.07. The van der Waals surface area contributed by atoms with E-state index in [1.54, 1.807) is 22.1 Å². The first-order chi connectivity index (χ1) is 19.3. The van der Waals surface area contributed by atoms with Crippen molar-refractivity contribution in [1.29, 1.82) is 0 Å². The van der Waals surface area contributed by atoms with Gasteiger partial charge < -0.3 is 19.5 Å². The second-order valence-corrected chi connectivity index (χ2v) is 10.4. The molecule has 0 spiro atoms. The molecule has 208 valence electrons. The Kier molecular flexibility index (Phi) is 5.77. The van der Waals surface area contributed by atoms with Crippen molar-refractivity contribution in [2.24, 2.45) is 16.8 Å². The average Bonchev–Trinajstić information content (AvgIpc) is 3.49. The molecule has 2 aliphatic carbocycles. The minimum absolute atomic E-state index is 0.0691. The Morgan fingerprint density at radius 3 is 2.65 bits per heavy atom. The molecule has 10 nitrogen and oxygen atoms in total. The van der Waals surface area contributed by atoms with Gasteiger partial charge in [-0.05, 0) is 30.7 Å². The first kappa shape index (κ1) is 24.9. The number of amides is 2. The van der Waals surface area contributed by atoms with Crippen LogP contribution >= 0.6 is 0 Å². The highest BCUT2D eigenvalue weighted by molar-refractivity contribution is 5.83. The number of nitrogens with one attached hydrogen (secondary N) is 1. The Labute approximate surface area is 225 Å². The highest BCUT2D eigenvalue weighted by Crippen LogP contribution is 2.49. The molecule has 0 aromatic carbocycles. The Morgan fingerprint density at radius 2 is 1.93 bits per heavy atom. The molecule has 2 saturated heterocycles. The normalized spacial score (nSPS) is 27.8. The standard InChI is InChI=1S/C26H24F4N8O2/c27-18-8-20-21(9-19(18)36-5-3-31-4-6-36)38(22-12-32-10-15-7-17(15)22)25(39)37(20)13-16-2-1-14(11-33-16)23-34-35-24(40-23)26(28,29)30/h1-2,8-12,15,17,20-21,31H,3-7,13H2. The predicted molar refractivity (Wildman–Crippen MR) is 133 cm³/mol. The van der Waals surface area contributed by atoms with Crippen LogP contribution in [0, 0.1) is 11.8 Å². The number of piperazine rings is 1. The molecule has 2 amide bonds. The second-order valence-electron chi connectivity index (χ2n) is 10.4. The summed E-state index contributed by atoms with van der Waals surface area (Å²) in [6, 6.07) is 1.80. The second kappa shape index (κ2) is 9.25. The van der Waals surface area contributed by atoms with Gasteiger partial charge in [-0.15, -0.1) is 10.2 Å². The average molecular weight is 557 g/mol. The molecule has 4 unspecified atom stereocenters. The van der Waals surface area contributed by atoms with E-state index in [-0.39, 0.29) is 35.8 Å². The number of rotatable bonds is 5. The van der Waals surface area contributed by atoms with E-state index in [0.717, 1.165) is 25.2 Å². The van der Waals surface area contributed by atoms with Crippen LogP contribution in [0.3, 0.4) is 0 Å². The molecule has 1 saturated carbocycles. The Bertz CT molecular complexity index is 1460. The number of nitrogens with zero attached hydrogens (tertiary/aromatic N) is 7. The maximum Gasteiger partial charge on any atom is 0.470 e. The predicted octanol–water partition coefficient (Wildman–Crippen LogP) is 3.34. The van der Waals surface area contributed by atoms with Gasteiger partial charge in [0.05, 0.1) is 35.6 Å². The smallest absolute Gasteiger partial charge is 0.413 e. The summed E-state index contributed by atoms with van der Waals surface area (Å²) < 4.78 is 58.7. The SMILES string of the molecule is O=C1N(Cc2ccc(-c3nnc(C(F)(F)F)o3)cn2)C2C=C(F)C(N3CCNCC3)=CC2N1C1=CN=CC2CC12. The molecule has 3 aliphatic heterocycles. The first-order valence-corrected chi connectivity index (χ1v) is 13.0. The van der Waals surface area contributed by atoms with Gasteiger partial charge in [0.1, 0.15) is 5.83 Å². The van der Waals surface area contributed by atoms with Crippen LogP contribution in [0.5, 0.6) is 0 Å². The van der Waals surface area contributed by atoms with E-state index in [1.807, 2.05) is 17.2 Å². The van der Waals surface area contributed by atoms with Crippen molar-refractivity contribution in [2.75, 3.05) is 26.2 Å². The van der Waals surface area contributed by atoms with Crippen LogP contribution in [-0.2, 0) is 12.7 Å². The van der Waals surface area contributed by atoms with Gasteiger partial charge in [-0.25, -0.2) is 9.18 Å². The molecule has 3 fully saturated rings. The molecular formula is C26H24F4N8O2. The molecule has 7 rings (SSSR count). The van der Waals surface area contributed by atoms with E-state index in [2.05, 4.69) is 25.5 Å². The van der Waals surface area contributed by atoms with Crippen LogP contribution in [0.2, 0.25) is 0 Å². The zero-order valence-corrected chi connectivity index (χ0v) is 21.1. The third-order valence-electron chi connectivity index (χ3n) is 7.86. The summed E-state index contributed by atoms with van der Waals surface area (Å²) in [6.45, 7) is 2.90. The van der Waals surface area contributed by atoms with Crippen LogP contribution < -0.4 is 5.32 Å². The van der Waals surface area contributed by atoms with Crippen molar-refractivity contribution < 1.29 is 26.8 Å². The summed E-state index contributed by atoms with van der Waals surface area (Å²) in [5, 5.41) is 9.76. The van der Waals surface area contributed by atoms with E-state index < -0.39 is 24.2 Å². The largest absolute Gasteiger partial charge is 0.470 e. The van der Waals surface area contributed by atoms with Crippen LogP contribution in [-0.4, -0.2) is 80.4 Å². The Morgan fingerprint density at radius 1 is 1.10 bits per heavy atom. The summed E-state index contributed by atoms with van der Waals surface area (Å²) in [4.78, 5) is 27.9. The summed E-state index contributed by atoms with van der Waals surface area (Å²) in [7, 11) is 0. The third kappa shape index (κ3) is 4.26. The minimum atomic E-state index is -4.75. The number of carbonyl (C=O) groups is 1. The lowest BCUT2D eigenvalue weighted by Gasteiger charge is -2.35. The van der Waals surface area contributed by atoms with Crippen molar-refractivity contribution >= 4 is 12.2 Å². The van der Waals surface area contributed by atoms with E-state index in [0.29, 0.717) is 30.4 Å². The maximum absolute atomic E-state index is 15.5. The number of carbonyl (C=O) groups excluding carboxylic acids is 1. The minimum Gasteiger partial charge on any atom is -0.413 e. The molecule has 0 bridgehead atoms. The zero-order chi connectivity index (χ0) is 27.6. The molecule has 5 aliphatic rings. The van der Waals surface area contributed by atoms with Crippen molar-refractivity contribution in [2.45, 2.75) is 31.2 Å². The molecule has 5 heterocycles. The van der Waals surface area contributed by atoms with Gasteiger partial charge in [0, 0.05) is 62.3 Å². The van der Waals surface area contributed by atoms with E-state index in [1.165, 1.54) is 18.3 Å². The van der Waals surface area contributed by atoms with Crippen LogP contribution in [0.4, 0.5) is 22.4 Å². The zero-order valence-electron chi connectivity index (χ0n) is 21.1. The topological polar surface area (TPSA) is 103 Å². The van der Waals surface area contributed by atoms with Gasteiger partial charge in [0.25, 0.3) is 0 Å². The number of pyridine rings is 1. The van der Waals surface area contributed by atoms with Crippen LogP contribution in [0.25, 0.3) is 11.5 Å². The number of hydrogen-bond donors (Lipinski definition) is 1. The summed E-state index contributed by atoms with van der Waals surface area (Å²) >= 11 is 0. The quantitative estimate of drug-likeness (QED) is 0.564. The number of allylic oxidation sites excluding steroid dienone is 2. The van der Waals surface area contributed by atoms with Crippen LogP contribution in [0.15, 0.2) is 63.3 Å². The fraction of sp³-hybridized carbons (Fsp3) is 0.423. The molecule has 14 heteroatoms. The number of alkyl halides is 3. The summed E-state index contributed by atoms with van der Waals surface area (Å²) in [5.41, 5.74) is 2.01. The molecule has 2 aromatic heterocycles. The number of urea groups is 1. The molecule has 4 atom stereocenters. The number of halogens is 4. The fourth-order valence-electron chi connectivity index (χ4n) is 5.75. The van der Waals surface area contributed by atoms with Gasteiger partial charge in [-0.3, -0.25) is 14.9 Å². The molecular weight excluding hydrogens is 532 g/mol. The lowest BCUT2D eigenvalue weighted by Crippen LogP contribution is -2.45. The fourth-order valence-corrected chi connectivity index (χ4v) is 5.75. The summed E-state index contributed by atoms with van der Waals surface area (Å²) in [6.07, 6.45) is 4.46. The van der Waals surface area contributed by atoms with Crippen molar-refractivity contribution in [1.82, 2.24) is 35.2 Å². The number of aliphatic imine (C=N–C) groups is 1. The van der Waals surface area contributed by atoms with Gasteiger partial charge in [0.2, 0.25) is 5.89 Å². The monoisotopic (exact) mass is 556 g/mol. The maximum atomic E-state index is 15.5. The lowest BCUT2D eigenvalue weighted by atomic mass is 9.98. The Balaban J connectivity index is 1.17. The molecule has 2 aromatic rings. The summed E-state index contributed by atoms with van der Waals surface area (Å²) in [5.74, 6) is -1.62. The van der Waals surface area contributed by atoms with E-state index >= 15 is 4.39 Å². The number of hydrogen-bond acceptors (Lipinski definition) is 8. The van der Waals surface area contributed by atoms with Gasteiger partial charge in [-0.2, -0.15) is 13.2 Å². The van der Waals surface area contributed by atoms with Gasteiger partial charge in [-0.1, -0.05) is 0 Å². The van der Waals surface area contributed by atoms with Gasteiger partial charge in [0.15, 0.2) is 0 Å². The highest BCUT2D eigenvalue weighted by Gasteiger charge is 2.53. The number of aromatic nitrogens is 3. The van der Waals surface area contributed by atoms with E-state index in [4.69, 9.17) is 4.42 Å². The van der Waals surface area contributed by atoms with Crippen LogP contribution in [0.1, 0.15) is 18.0 Å². The lowest BCUT2D eigenvalue weighted by molar-refractivity contribution is -0.156. The van der Waals surface area contributed by atoms with Crippen molar-refractivity contribution in [3.63, 3.8) is 0 Å². The first-order valence-electron chi connectivity index (χ1n) is 13.0. The molecule has 40 heavy (non-hydrogen) atoms. The van der Waals surface area contributed by atoms with E-state index in [9.17, 15) is 18.0 Å². The molecule has 1 N–H and O–H groups in total. The third-order valence-corrected chi connectivity index (χ3v) is 7.86. The van der Waals surface area contributed by atoms with Crippen molar-refractivity contribution in [3.8, 4) is 11.5 Å². The highest BCUT2D eigenvalue weighted by atomic mass is 19.4. The molecule has 0 radical (unpaired) electrons. The van der Waals surface area contributed by atoms with Crippen molar-refractivity contribution in [3.05, 3.63) is 65.5 Å². The number of fused-ring (bicyclic) bond motifs is 2. The van der Waals surface area contributed by atoms with Gasteiger partial charge >= 0.3 is 18.1 Å².